The summed E-state index contributed by atoms with van der Waals surface area (Å²) >= 11 is 3.11. The summed E-state index contributed by atoms with van der Waals surface area (Å²) in [7, 11) is 0. The van der Waals surface area contributed by atoms with Gasteiger partial charge in [-0.05, 0) is 67.1 Å². The third-order valence-electron chi connectivity index (χ3n) is 9.96. The van der Waals surface area contributed by atoms with Crippen LogP contribution in [0, 0.1) is 28.6 Å². The van der Waals surface area contributed by atoms with Gasteiger partial charge in [0.05, 0.1) is 44.0 Å². The number of nitriles is 2. The molecule has 2 atom stereocenters. The van der Waals surface area contributed by atoms with Crippen LogP contribution < -0.4 is 15.1 Å². The lowest BCUT2D eigenvalue weighted by atomic mass is 9.90. The van der Waals surface area contributed by atoms with Crippen LogP contribution in [0.15, 0.2) is 103 Å². The van der Waals surface area contributed by atoms with Gasteiger partial charge in [0.2, 0.25) is 11.9 Å². The first kappa shape index (κ1) is 36.1. The van der Waals surface area contributed by atoms with Gasteiger partial charge >= 0.3 is 0 Å². The average Bonchev–Trinajstić information content (AvgIpc) is 3.88. The minimum absolute atomic E-state index is 0.466. The fourth-order valence-electron chi connectivity index (χ4n) is 7.02. The number of hydrogen-bond acceptors (Lipinski definition) is 13. The lowest BCUT2D eigenvalue weighted by Crippen LogP contribution is -2.44. The van der Waals surface area contributed by atoms with E-state index in [9.17, 15) is 10.5 Å². The zero-order valence-corrected chi connectivity index (χ0v) is 31.8. The number of hydrogen-bond donors (Lipinski definition) is 1. The van der Waals surface area contributed by atoms with Crippen molar-refractivity contribution in [2.24, 2.45) is 5.92 Å². The summed E-state index contributed by atoms with van der Waals surface area (Å²) in [6.45, 7) is 5.49. The fourth-order valence-corrected chi connectivity index (χ4v) is 9.07. The SMILES string of the molecule is N#CC(c1ccnc(N2CCC(Cc3ccccc3)CC2)n1)c1nc2ccccc2s1.N#CC(c1ccnc(N2CCNCC2)n1)c1nc2ccccc2s1. The highest BCUT2D eigenvalue weighted by atomic mass is 32.1. The normalized spacial score (nSPS) is 15.8. The van der Waals surface area contributed by atoms with Crippen LogP contribution in [0.3, 0.4) is 0 Å². The lowest BCUT2D eigenvalue weighted by Gasteiger charge is -2.32. The maximum atomic E-state index is 9.88. The zero-order valence-electron chi connectivity index (χ0n) is 30.2. The van der Waals surface area contributed by atoms with Crippen LogP contribution in [-0.2, 0) is 6.42 Å². The summed E-state index contributed by atoms with van der Waals surface area (Å²) in [5.41, 5.74) is 4.69. The largest absolute Gasteiger partial charge is 0.341 e. The first-order valence-corrected chi connectivity index (χ1v) is 20.2. The van der Waals surface area contributed by atoms with Gasteiger partial charge in [-0.2, -0.15) is 10.5 Å². The number of piperazine rings is 1. The highest BCUT2D eigenvalue weighted by Crippen LogP contribution is 2.33. The van der Waals surface area contributed by atoms with Crippen molar-refractivity contribution in [3.63, 3.8) is 0 Å². The van der Waals surface area contributed by atoms with Crippen molar-refractivity contribution >= 4 is 55.0 Å². The summed E-state index contributed by atoms with van der Waals surface area (Å²) in [6, 6.07) is 35.0. The average molecular weight is 762 g/mol. The van der Waals surface area contributed by atoms with Crippen LogP contribution in [0.1, 0.15) is 51.6 Å². The second-order valence-corrected chi connectivity index (χ2v) is 15.7. The molecule has 6 heterocycles. The van der Waals surface area contributed by atoms with Crippen molar-refractivity contribution in [2.45, 2.75) is 31.1 Å². The summed E-state index contributed by atoms with van der Waals surface area (Å²) in [5, 5.41) is 24.5. The van der Waals surface area contributed by atoms with Crippen molar-refractivity contribution in [1.82, 2.24) is 35.2 Å². The first-order chi connectivity index (χ1) is 27.1. The van der Waals surface area contributed by atoms with Gasteiger partial charge in [-0.25, -0.2) is 29.9 Å². The number of piperidine rings is 1. The molecule has 2 aliphatic rings. The second-order valence-electron chi connectivity index (χ2n) is 13.6. The molecule has 0 radical (unpaired) electrons. The van der Waals surface area contributed by atoms with Gasteiger partial charge in [-0.3, -0.25) is 0 Å². The molecule has 3 aromatic carbocycles. The molecule has 55 heavy (non-hydrogen) atoms. The molecule has 0 bridgehead atoms. The van der Waals surface area contributed by atoms with E-state index in [2.05, 4.69) is 82.5 Å². The molecule has 0 saturated carbocycles. The van der Waals surface area contributed by atoms with Crippen molar-refractivity contribution in [3.8, 4) is 12.1 Å². The van der Waals surface area contributed by atoms with E-state index in [1.54, 1.807) is 35.1 Å². The molecular formula is C42H39N11S2. The second kappa shape index (κ2) is 17.1. The fraction of sp³-hybridized carbons (Fsp3) is 0.286. The van der Waals surface area contributed by atoms with Gasteiger partial charge < -0.3 is 15.1 Å². The van der Waals surface area contributed by atoms with Crippen molar-refractivity contribution < 1.29 is 0 Å². The molecular weight excluding hydrogens is 723 g/mol. The van der Waals surface area contributed by atoms with Crippen LogP contribution in [0.25, 0.3) is 20.4 Å². The molecule has 0 amide bonds. The Morgan fingerprint density at radius 3 is 1.62 bits per heavy atom. The maximum absolute atomic E-state index is 9.88. The molecule has 11 nitrogen and oxygen atoms in total. The standard InChI is InChI=1S/C25H23N5S.C17H16N6S/c26-17-20(24-28-22-8-4-5-9-23(22)31-24)21-10-13-27-25(29-21)30-14-11-19(12-15-30)16-18-6-2-1-3-7-18;18-11-12(16-21-14-3-1-2-4-15(14)24-16)13-5-6-20-17(22-13)23-9-7-19-8-10-23/h1-10,13,19-20H,11-12,14-16H2;1-6,12,19H,7-10H2. The van der Waals surface area contributed by atoms with Gasteiger partial charge in [0.15, 0.2) is 0 Å². The van der Waals surface area contributed by atoms with E-state index in [1.807, 2.05) is 60.7 Å². The predicted molar refractivity (Wildman–Crippen MR) is 218 cm³/mol. The number of fused-ring (bicyclic) bond motifs is 2. The Bertz CT molecular complexity index is 2370. The van der Waals surface area contributed by atoms with Gasteiger partial charge in [0.1, 0.15) is 21.9 Å². The number of nitrogens with one attached hydrogen (secondary N) is 1. The molecule has 274 valence electrons. The molecule has 2 saturated heterocycles. The van der Waals surface area contributed by atoms with E-state index in [1.165, 1.54) is 5.56 Å². The highest BCUT2D eigenvalue weighted by Gasteiger charge is 2.25. The Balaban J connectivity index is 0.000000160. The minimum Gasteiger partial charge on any atom is -0.341 e. The number of aromatic nitrogens is 6. The number of benzene rings is 3. The number of para-hydroxylation sites is 2. The number of rotatable bonds is 8. The Labute approximate surface area is 328 Å². The van der Waals surface area contributed by atoms with Crippen LogP contribution in [0.4, 0.5) is 11.9 Å². The van der Waals surface area contributed by atoms with Crippen LogP contribution >= 0.6 is 22.7 Å². The monoisotopic (exact) mass is 761 g/mol. The molecule has 0 aliphatic carbocycles. The molecule has 13 heteroatoms. The van der Waals surface area contributed by atoms with E-state index in [4.69, 9.17) is 4.98 Å². The summed E-state index contributed by atoms with van der Waals surface area (Å²) in [6.07, 6.45) is 6.89. The van der Waals surface area contributed by atoms with Gasteiger partial charge in [-0.1, -0.05) is 54.6 Å². The summed E-state index contributed by atoms with van der Waals surface area (Å²) in [4.78, 5) is 32.0. The van der Waals surface area contributed by atoms with Gasteiger partial charge in [0.25, 0.3) is 0 Å². The number of thiazole rings is 2. The van der Waals surface area contributed by atoms with Crippen molar-refractivity contribution in [2.75, 3.05) is 49.1 Å². The summed E-state index contributed by atoms with van der Waals surface area (Å²) in [5.74, 6) is 1.16. The van der Waals surface area contributed by atoms with Gasteiger partial charge in [-0.15, -0.1) is 22.7 Å². The molecule has 2 unspecified atom stereocenters. The lowest BCUT2D eigenvalue weighted by molar-refractivity contribution is 0.400. The number of nitrogens with zero attached hydrogens (tertiary/aromatic N) is 10. The van der Waals surface area contributed by atoms with E-state index in [0.29, 0.717) is 17.6 Å². The van der Waals surface area contributed by atoms with Crippen LogP contribution in [-0.4, -0.2) is 69.2 Å². The predicted octanol–water partition coefficient (Wildman–Crippen LogP) is 7.35. The third-order valence-corrected chi connectivity index (χ3v) is 12.2. The van der Waals surface area contributed by atoms with Gasteiger partial charge in [0, 0.05) is 51.7 Å². The number of anilines is 2. The quantitative estimate of drug-likeness (QED) is 0.166. The minimum atomic E-state index is -0.477. The molecule has 2 fully saturated rings. The molecule has 7 aromatic rings. The van der Waals surface area contributed by atoms with Crippen molar-refractivity contribution in [3.05, 3.63) is 130 Å². The topological polar surface area (TPSA) is 143 Å². The molecule has 9 rings (SSSR count). The molecule has 0 spiro atoms. The Kier molecular flexibility index (Phi) is 11.2. The van der Waals surface area contributed by atoms with E-state index in [-0.39, 0.29) is 0 Å². The molecule has 2 aliphatic heterocycles. The third kappa shape index (κ3) is 8.45. The Hall–Kier alpha value is -5.86. The smallest absolute Gasteiger partial charge is 0.225 e. The molecule has 1 N–H and O–H groups in total. The van der Waals surface area contributed by atoms with E-state index < -0.39 is 11.8 Å². The van der Waals surface area contributed by atoms with E-state index in [0.717, 1.165) is 101 Å². The first-order valence-electron chi connectivity index (χ1n) is 18.6. The summed E-state index contributed by atoms with van der Waals surface area (Å²) < 4.78 is 2.18. The van der Waals surface area contributed by atoms with Crippen LogP contribution in [0.2, 0.25) is 0 Å². The van der Waals surface area contributed by atoms with Crippen molar-refractivity contribution in [1.29, 1.82) is 10.5 Å². The zero-order chi connectivity index (χ0) is 37.4. The Morgan fingerprint density at radius 1 is 0.618 bits per heavy atom. The van der Waals surface area contributed by atoms with E-state index >= 15 is 0 Å². The maximum Gasteiger partial charge on any atom is 0.225 e. The Morgan fingerprint density at radius 2 is 1.11 bits per heavy atom. The highest BCUT2D eigenvalue weighted by molar-refractivity contribution is 7.19. The van der Waals surface area contributed by atoms with Crippen LogP contribution in [0.5, 0.6) is 0 Å². The molecule has 4 aromatic heterocycles.